The molecule has 0 fully saturated rings. The first-order valence-corrected chi connectivity index (χ1v) is 5.70. The van der Waals surface area contributed by atoms with Gasteiger partial charge in [-0.1, -0.05) is 23.7 Å². The highest BCUT2D eigenvalue weighted by Gasteiger charge is 2.12. The van der Waals surface area contributed by atoms with Gasteiger partial charge in [0.25, 0.3) is 0 Å². The van der Waals surface area contributed by atoms with Crippen LogP contribution in [0.15, 0.2) is 47.3 Å². The molecule has 0 aliphatic rings. The minimum absolute atomic E-state index is 0.227. The number of fused-ring (bicyclic) bond motifs is 1. The van der Waals surface area contributed by atoms with Crippen molar-refractivity contribution in [3.05, 3.63) is 63.8 Å². The topological polar surface area (TPSA) is 37.8 Å². The monoisotopic (exact) mass is 262 g/mol. The molecule has 0 atom stereocenters. The molecular weight excluding hydrogens is 255 g/mol. The summed E-state index contributed by atoms with van der Waals surface area (Å²) in [4.78, 5) is 14.5. The first kappa shape index (κ1) is 11.0. The molecule has 0 aliphatic carbocycles. The van der Waals surface area contributed by atoms with Crippen molar-refractivity contribution in [1.29, 1.82) is 0 Å². The minimum Gasteiger partial charge on any atom is -0.305 e. The fraction of sp³-hybridized carbons (Fsp3) is 0. The first-order valence-electron chi connectivity index (χ1n) is 5.32. The zero-order valence-corrected chi connectivity index (χ0v) is 9.91. The Morgan fingerprint density at radius 2 is 1.94 bits per heavy atom. The molecule has 0 bridgehead atoms. The maximum absolute atomic E-state index is 13.8. The molecule has 3 nitrogen and oxygen atoms in total. The molecule has 3 rings (SSSR count). The summed E-state index contributed by atoms with van der Waals surface area (Å²) in [5.41, 5.74) is 0.825. The average Bonchev–Trinajstić information content (AvgIpc) is 2.67. The Labute approximate surface area is 106 Å². The minimum atomic E-state index is -0.453. The number of nitrogens with one attached hydrogen (secondary N) is 1. The van der Waals surface area contributed by atoms with E-state index in [1.165, 1.54) is 10.6 Å². The Bertz CT molecular complexity index is 791. The van der Waals surface area contributed by atoms with Crippen LogP contribution in [-0.4, -0.2) is 9.55 Å². The summed E-state index contributed by atoms with van der Waals surface area (Å²) in [6.45, 7) is 0. The predicted octanol–water partition coefficient (Wildman–Crippen LogP) is 3.11. The van der Waals surface area contributed by atoms with E-state index in [4.69, 9.17) is 11.6 Å². The summed E-state index contributed by atoms with van der Waals surface area (Å²) in [5, 5.41) is 0.491. The summed E-state index contributed by atoms with van der Waals surface area (Å²) in [6, 6.07) is 11.2. The number of H-pyrrole nitrogens is 1. The van der Waals surface area contributed by atoms with Crippen LogP contribution in [0.2, 0.25) is 5.02 Å². The zero-order chi connectivity index (χ0) is 12.7. The molecule has 1 N–H and O–H groups in total. The summed E-state index contributed by atoms with van der Waals surface area (Å²) >= 11 is 5.89. The van der Waals surface area contributed by atoms with Gasteiger partial charge in [0.05, 0.1) is 11.2 Å². The SMILES string of the molecule is O=c1[nH]c2cccc(F)c2n1-c1cccc(Cl)c1. The number of nitrogens with zero attached hydrogens (tertiary/aromatic N) is 1. The van der Waals surface area contributed by atoms with Crippen LogP contribution in [0, 0.1) is 5.82 Å². The Morgan fingerprint density at radius 1 is 1.17 bits per heavy atom. The van der Waals surface area contributed by atoms with E-state index < -0.39 is 11.5 Å². The van der Waals surface area contributed by atoms with Gasteiger partial charge >= 0.3 is 5.69 Å². The van der Waals surface area contributed by atoms with Crippen molar-refractivity contribution < 1.29 is 4.39 Å². The lowest BCUT2D eigenvalue weighted by molar-refractivity contribution is 0.634. The van der Waals surface area contributed by atoms with Crippen molar-refractivity contribution in [3.8, 4) is 5.69 Å². The van der Waals surface area contributed by atoms with E-state index in [0.717, 1.165) is 0 Å². The highest BCUT2D eigenvalue weighted by atomic mass is 35.5. The van der Waals surface area contributed by atoms with Crippen molar-refractivity contribution in [2.75, 3.05) is 0 Å². The number of hydrogen-bond acceptors (Lipinski definition) is 1. The maximum Gasteiger partial charge on any atom is 0.331 e. The Morgan fingerprint density at radius 3 is 2.72 bits per heavy atom. The largest absolute Gasteiger partial charge is 0.331 e. The van der Waals surface area contributed by atoms with Crippen LogP contribution in [0.3, 0.4) is 0 Å². The van der Waals surface area contributed by atoms with Crippen molar-refractivity contribution in [3.63, 3.8) is 0 Å². The summed E-state index contributed by atoms with van der Waals surface area (Å²) < 4.78 is 15.1. The van der Waals surface area contributed by atoms with Crippen molar-refractivity contribution in [2.45, 2.75) is 0 Å². The molecule has 0 saturated heterocycles. The van der Waals surface area contributed by atoms with Crippen LogP contribution in [0.1, 0.15) is 0 Å². The number of benzene rings is 2. The number of halogens is 2. The molecule has 18 heavy (non-hydrogen) atoms. The van der Waals surface area contributed by atoms with Crippen LogP contribution in [0.25, 0.3) is 16.7 Å². The highest BCUT2D eigenvalue weighted by Crippen LogP contribution is 2.20. The van der Waals surface area contributed by atoms with Gasteiger partial charge in [0.2, 0.25) is 0 Å². The number of imidazole rings is 1. The first-order chi connectivity index (χ1) is 8.66. The second-order valence-electron chi connectivity index (χ2n) is 3.88. The van der Waals surface area contributed by atoms with Gasteiger partial charge in [-0.2, -0.15) is 0 Å². The normalized spacial score (nSPS) is 11.0. The van der Waals surface area contributed by atoms with Gasteiger partial charge < -0.3 is 4.98 Å². The van der Waals surface area contributed by atoms with E-state index in [1.807, 2.05) is 0 Å². The molecule has 0 spiro atoms. The van der Waals surface area contributed by atoms with E-state index in [1.54, 1.807) is 36.4 Å². The van der Waals surface area contributed by atoms with Gasteiger partial charge in [-0.25, -0.2) is 9.18 Å². The van der Waals surface area contributed by atoms with Crippen LogP contribution >= 0.6 is 11.6 Å². The summed E-state index contributed by atoms with van der Waals surface area (Å²) in [6.07, 6.45) is 0. The number of para-hydroxylation sites is 1. The molecule has 90 valence electrons. The summed E-state index contributed by atoms with van der Waals surface area (Å²) in [7, 11) is 0. The Kier molecular flexibility index (Phi) is 2.45. The molecule has 1 heterocycles. The average molecular weight is 263 g/mol. The second kappa shape index (κ2) is 3.99. The highest BCUT2D eigenvalue weighted by molar-refractivity contribution is 6.30. The van der Waals surface area contributed by atoms with Crippen LogP contribution in [0.5, 0.6) is 0 Å². The molecule has 1 aromatic heterocycles. The van der Waals surface area contributed by atoms with E-state index in [-0.39, 0.29) is 5.52 Å². The molecule has 0 amide bonds. The Balaban J connectivity index is 2.42. The fourth-order valence-electron chi connectivity index (χ4n) is 1.98. The second-order valence-corrected chi connectivity index (χ2v) is 4.32. The van der Waals surface area contributed by atoms with E-state index in [2.05, 4.69) is 4.98 Å². The molecule has 3 aromatic rings. The third kappa shape index (κ3) is 1.62. The van der Waals surface area contributed by atoms with Crippen molar-refractivity contribution >= 4 is 22.6 Å². The zero-order valence-electron chi connectivity index (χ0n) is 9.15. The lowest BCUT2D eigenvalue weighted by Gasteiger charge is -2.04. The van der Waals surface area contributed by atoms with Crippen molar-refractivity contribution in [1.82, 2.24) is 9.55 Å². The van der Waals surface area contributed by atoms with Gasteiger partial charge in [0, 0.05) is 5.02 Å². The quantitative estimate of drug-likeness (QED) is 0.719. The standard InChI is InChI=1S/C13H8ClFN2O/c14-8-3-1-4-9(7-8)17-12-10(15)5-2-6-11(12)16-13(17)18/h1-7H,(H,16,18). The summed E-state index contributed by atoms with van der Waals surface area (Å²) in [5.74, 6) is -0.453. The number of hydrogen-bond donors (Lipinski definition) is 1. The lowest BCUT2D eigenvalue weighted by atomic mass is 10.2. The van der Waals surface area contributed by atoms with Crippen LogP contribution < -0.4 is 5.69 Å². The molecule has 0 radical (unpaired) electrons. The number of rotatable bonds is 1. The van der Waals surface area contributed by atoms with Gasteiger partial charge in [0.1, 0.15) is 11.3 Å². The van der Waals surface area contributed by atoms with Gasteiger partial charge in [-0.3, -0.25) is 4.57 Å². The van der Waals surface area contributed by atoms with Gasteiger partial charge in [-0.15, -0.1) is 0 Å². The fourth-order valence-corrected chi connectivity index (χ4v) is 2.16. The molecular formula is C13H8ClFN2O. The van der Waals surface area contributed by atoms with E-state index in [0.29, 0.717) is 16.2 Å². The molecule has 0 aliphatic heterocycles. The smallest absolute Gasteiger partial charge is 0.305 e. The van der Waals surface area contributed by atoms with E-state index in [9.17, 15) is 9.18 Å². The number of aromatic nitrogens is 2. The molecule has 0 saturated carbocycles. The van der Waals surface area contributed by atoms with Crippen LogP contribution in [-0.2, 0) is 0 Å². The van der Waals surface area contributed by atoms with Crippen LogP contribution in [0.4, 0.5) is 4.39 Å². The molecule has 2 aromatic carbocycles. The Hall–Kier alpha value is -2.07. The van der Waals surface area contributed by atoms with Crippen molar-refractivity contribution in [2.24, 2.45) is 0 Å². The molecule has 0 unspecified atom stereocenters. The predicted molar refractivity (Wildman–Crippen MR) is 68.9 cm³/mol. The van der Waals surface area contributed by atoms with Gasteiger partial charge in [-0.05, 0) is 30.3 Å². The lowest BCUT2D eigenvalue weighted by Crippen LogP contribution is -2.14. The molecule has 5 heteroatoms. The third-order valence-corrected chi connectivity index (χ3v) is 2.96. The van der Waals surface area contributed by atoms with Gasteiger partial charge in [0.15, 0.2) is 0 Å². The maximum atomic E-state index is 13.8. The van der Waals surface area contributed by atoms with E-state index >= 15 is 0 Å². The third-order valence-electron chi connectivity index (χ3n) is 2.72. The number of aromatic amines is 1.